The summed E-state index contributed by atoms with van der Waals surface area (Å²) >= 11 is 7.59. The maximum Gasteiger partial charge on any atom is 0.286 e. The lowest BCUT2D eigenvalue weighted by atomic mass is 10.1. The number of nitro benzene ring substituents is 1. The van der Waals surface area contributed by atoms with Crippen LogP contribution in [0.25, 0.3) is 0 Å². The van der Waals surface area contributed by atoms with Crippen molar-refractivity contribution in [3.8, 4) is 34.2 Å². The van der Waals surface area contributed by atoms with E-state index in [1.165, 1.54) is 6.07 Å². The minimum absolute atomic E-state index is 0.109. The number of rotatable bonds is 1. The van der Waals surface area contributed by atoms with Crippen LogP contribution in [0.1, 0.15) is 22.3 Å². The number of anilines is 1. The molecule has 0 aromatic heterocycles. The summed E-state index contributed by atoms with van der Waals surface area (Å²) < 4.78 is 0. The summed E-state index contributed by atoms with van der Waals surface area (Å²) in [5.74, 6) is 11.1. The van der Waals surface area contributed by atoms with Gasteiger partial charge < -0.3 is 5.73 Å². The van der Waals surface area contributed by atoms with Crippen molar-refractivity contribution < 1.29 is 4.92 Å². The van der Waals surface area contributed by atoms with Gasteiger partial charge in [0.1, 0.15) is 5.56 Å². The molecule has 116 valence electrons. The third-order valence-corrected chi connectivity index (χ3v) is 3.20. The van der Waals surface area contributed by atoms with Gasteiger partial charge >= 0.3 is 0 Å². The molecule has 0 atom stereocenters. The van der Waals surface area contributed by atoms with E-state index in [0.717, 1.165) is 0 Å². The summed E-state index contributed by atoms with van der Waals surface area (Å²) in [5, 5.41) is 15.9. The van der Waals surface area contributed by atoms with Crippen LogP contribution in [0.4, 0.5) is 11.4 Å². The Morgan fingerprint density at radius 2 is 1.42 bits per heavy atom. The highest BCUT2D eigenvalue weighted by Crippen LogP contribution is 2.19. The molecule has 2 N–H and O–H groups in total. The van der Waals surface area contributed by atoms with E-state index >= 15 is 0 Å². The molecule has 0 amide bonds. The second-order valence-electron chi connectivity index (χ2n) is 4.51. The zero-order chi connectivity index (χ0) is 17.5. The maximum atomic E-state index is 11.1. The predicted octanol–water partition coefficient (Wildman–Crippen LogP) is 3.05. The fourth-order valence-electron chi connectivity index (χ4n) is 1.89. The Morgan fingerprint density at radius 3 is 1.96 bits per heavy atom. The highest BCUT2D eigenvalue weighted by atomic mass is 32.1. The molecule has 2 aromatic carbocycles. The molecule has 0 unspecified atom stereocenters. The van der Waals surface area contributed by atoms with Crippen LogP contribution in [0, 0.1) is 44.3 Å². The number of hydrogen-bond donors (Lipinski definition) is 3. The second-order valence-corrected chi connectivity index (χ2v) is 4.96. The standard InChI is InChI=1S/C18H10N2O2S2/c19-17-11-13(3-5-15(17)7-9-23)1-2-14-4-6-16(8-10-24)18(12-14)20(21)22/h3-6,11-12,23-24H,19H2. The smallest absolute Gasteiger partial charge is 0.286 e. The van der Waals surface area contributed by atoms with Crippen molar-refractivity contribution in [2.45, 2.75) is 0 Å². The molecule has 0 radical (unpaired) electrons. The summed E-state index contributed by atoms with van der Waals surface area (Å²) in [6.45, 7) is 0. The van der Waals surface area contributed by atoms with Crippen LogP contribution >= 0.6 is 25.3 Å². The summed E-state index contributed by atoms with van der Waals surface area (Å²) in [5.41, 5.74) is 8.40. The van der Waals surface area contributed by atoms with E-state index in [2.05, 4.69) is 59.4 Å². The van der Waals surface area contributed by atoms with E-state index in [1.807, 2.05) is 0 Å². The van der Waals surface area contributed by atoms with Crippen molar-refractivity contribution >= 4 is 36.6 Å². The Labute approximate surface area is 150 Å². The number of benzene rings is 2. The molecule has 0 saturated heterocycles. The van der Waals surface area contributed by atoms with Crippen LogP contribution in [-0.4, -0.2) is 4.92 Å². The van der Waals surface area contributed by atoms with Crippen molar-refractivity contribution in [2.24, 2.45) is 0 Å². The molecule has 4 nitrogen and oxygen atoms in total. The fraction of sp³-hybridized carbons (Fsp3) is 0. The van der Waals surface area contributed by atoms with E-state index in [4.69, 9.17) is 5.73 Å². The molecule has 0 fully saturated rings. The Kier molecular flexibility index (Phi) is 5.82. The number of nitrogens with zero attached hydrogens (tertiary/aromatic N) is 1. The molecule has 0 spiro atoms. The van der Waals surface area contributed by atoms with Gasteiger partial charge in [-0.25, -0.2) is 0 Å². The third kappa shape index (κ3) is 4.27. The maximum absolute atomic E-state index is 11.1. The van der Waals surface area contributed by atoms with E-state index in [-0.39, 0.29) is 5.69 Å². The highest BCUT2D eigenvalue weighted by molar-refractivity contribution is 7.85. The SMILES string of the molecule is Nc1cc(C#Cc2ccc(C#CS)c([N+](=O)[O-])c2)ccc1C#CS. The predicted molar refractivity (Wildman–Crippen MR) is 102 cm³/mol. The highest BCUT2D eigenvalue weighted by Gasteiger charge is 2.12. The number of nitro groups is 1. The Hall–Kier alpha value is -2.98. The average molecular weight is 350 g/mol. The normalized spacial score (nSPS) is 8.75. The van der Waals surface area contributed by atoms with Crippen LogP contribution in [0.5, 0.6) is 0 Å². The Morgan fingerprint density at radius 1 is 0.875 bits per heavy atom. The summed E-state index contributed by atoms with van der Waals surface area (Å²) in [6.07, 6.45) is 0. The molecule has 0 saturated carbocycles. The monoisotopic (exact) mass is 350 g/mol. The fourth-order valence-corrected chi connectivity index (χ4v) is 2.13. The van der Waals surface area contributed by atoms with Crippen molar-refractivity contribution in [1.29, 1.82) is 0 Å². The third-order valence-electron chi connectivity index (χ3n) is 2.98. The quantitative estimate of drug-likeness (QED) is 0.243. The van der Waals surface area contributed by atoms with Crippen molar-refractivity contribution in [3.63, 3.8) is 0 Å². The van der Waals surface area contributed by atoms with E-state index < -0.39 is 4.92 Å². The van der Waals surface area contributed by atoms with Gasteiger partial charge in [-0.3, -0.25) is 10.1 Å². The lowest BCUT2D eigenvalue weighted by Crippen LogP contribution is -1.93. The molecule has 0 heterocycles. The molecule has 24 heavy (non-hydrogen) atoms. The molecule has 2 rings (SSSR count). The van der Waals surface area contributed by atoms with Crippen LogP contribution in [0.15, 0.2) is 36.4 Å². The first-order valence-electron chi connectivity index (χ1n) is 6.55. The van der Waals surface area contributed by atoms with E-state index in [9.17, 15) is 10.1 Å². The largest absolute Gasteiger partial charge is 0.398 e. The van der Waals surface area contributed by atoms with Gasteiger partial charge in [0.15, 0.2) is 0 Å². The first-order valence-corrected chi connectivity index (χ1v) is 7.45. The van der Waals surface area contributed by atoms with Crippen molar-refractivity contribution in [1.82, 2.24) is 0 Å². The van der Waals surface area contributed by atoms with E-state index in [0.29, 0.717) is 27.9 Å². The van der Waals surface area contributed by atoms with Crippen LogP contribution in [0.3, 0.4) is 0 Å². The lowest BCUT2D eigenvalue weighted by molar-refractivity contribution is -0.385. The van der Waals surface area contributed by atoms with Gasteiger partial charge in [0, 0.05) is 28.4 Å². The number of thiol groups is 2. The molecule has 0 aliphatic rings. The van der Waals surface area contributed by atoms with Crippen LogP contribution in [-0.2, 0) is 0 Å². The summed E-state index contributed by atoms with van der Waals surface area (Å²) in [4.78, 5) is 10.6. The Bertz CT molecular complexity index is 997. The second kappa shape index (κ2) is 8.04. The molecule has 0 aliphatic heterocycles. The minimum Gasteiger partial charge on any atom is -0.398 e. The first-order chi connectivity index (χ1) is 11.5. The lowest BCUT2D eigenvalue weighted by Gasteiger charge is -1.99. The molecule has 0 aliphatic carbocycles. The average Bonchev–Trinajstić information content (AvgIpc) is 2.56. The van der Waals surface area contributed by atoms with Gasteiger partial charge in [0.05, 0.1) is 4.92 Å². The molecule has 6 heteroatoms. The van der Waals surface area contributed by atoms with Gasteiger partial charge in [-0.1, -0.05) is 43.0 Å². The van der Waals surface area contributed by atoms with Gasteiger partial charge in [-0.2, -0.15) is 0 Å². The number of hydrogen-bond acceptors (Lipinski definition) is 5. The van der Waals surface area contributed by atoms with Gasteiger partial charge in [-0.15, -0.1) is 0 Å². The summed E-state index contributed by atoms with van der Waals surface area (Å²) in [7, 11) is 0. The van der Waals surface area contributed by atoms with Gasteiger partial charge in [-0.05, 0) is 46.8 Å². The molecule has 2 aromatic rings. The zero-order valence-corrected chi connectivity index (χ0v) is 14.0. The van der Waals surface area contributed by atoms with Crippen LogP contribution < -0.4 is 5.73 Å². The molecular weight excluding hydrogens is 340 g/mol. The molecule has 0 bridgehead atoms. The van der Waals surface area contributed by atoms with Crippen molar-refractivity contribution in [2.75, 3.05) is 5.73 Å². The topological polar surface area (TPSA) is 69.2 Å². The van der Waals surface area contributed by atoms with Gasteiger partial charge in [0.2, 0.25) is 0 Å². The van der Waals surface area contributed by atoms with Crippen LogP contribution in [0.2, 0.25) is 0 Å². The minimum atomic E-state index is -0.498. The van der Waals surface area contributed by atoms with Crippen molar-refractivity contribution in [3.05, 3.63) is 68.8 Å². The number of nitrogen functional groups attached to an aromatic ring is 1. The molecular formula is C18H10N2O2S2. The number of nitrogens with two attached hydrogens (primary N) is 1. The Balaban J connectivity index is 2.38. The van der Waals surface area contributed by atoms with E-state index in [1.54, 1.807) is 30.3 Å². The summed E-state index contributed by atoms with van der Waals surface area (Å²) in [6, 6.07) is 9.80. The first kappa shape index (κ1) is 17.4. The van der Waals surface area contributed by atoms with Gasteiger partial charge in [0.25, 0.3) is 5.69 Å². The zero-order valence-electron chi connectivity index (χ0n) is 12.2.